The van der Waals surface area contributed by atoms with Gasteiger partial charge >= 0.3 is 5.97 Å². The summed E-state index contributed by atoms with van der Waals surface area (Å²) in [5.41, 5.74) is 1.28. The predicted octanol–water partition coefficient (Wildman–Crippen LogP) is 1.54. The number of hydrogen-bond donors (Lipinski definition) is 2. The summed E-state index contributed by atoms with van der Waals surface area (Å²) in [4.78, 5) is 30.1. The lowest BCUT2D eigenvalue weighted by molar-refractivity contribution is -0.139. The third-order valence-corrected chi connectivity index (χ3v) is 2.81. The second kappa shape index (κ2) is 6.01. The van der Waals surface area contributed by atoms with Crippen molar-refractivity contribution < 1.29 is 9.53 Å². The Bertz CT molecular complexity index is 665. The molecular weight excluding hydrogens is 258 g/mol. The molecule has 0 atom stereocenters. The molecule has 104 valence electrons. The molecule has 0 radical (unpaired) electrons. The molecule has 0 aliphatic rings. The lowest BCUT2D eigenvalue weighted by atomic mass is 10.2. The summed E-state index contributed by atoms with van der Waals surface area (Å²) in [7, 11) is 1.28. The van der Waals surface area contributed by atoms with Crippen LogP contribution in [0, 0.1) is 6.92 Å². The predicted molar refractivity (Wildman–Crippen MR) is 75.0 cm³/mol. The fraction of sp³-hybridized carbons (Fsp3) is 0.214. The van der Waals surface area contributed by atoms with E-state index < -0.39 is 5.97 Å². The number of nitrogens with zero attached hydrogens (tertiary/aromatic N) is 1. The van der Waals surface area contributed by atoms with Crippen LogP contribution in [-0.4, -0.2) is 23.0 Å². The number of carbonyl (C=O) groups is 1. The van der Waals surface area contributed by atoms with Gasteiger partial charge in [-0.05, 0) is 19.1 Å². The molecule has 20 heavy (non-hydrogen) atoms. The van der Waals surface area contributed by atoms with Crippen LogP contribution in [0.1, 0.15) is 11.3 Å². The number of aryl methyl sites for hydroxylation is 1. The van der Waals surface area contributed by atoms with Crippen molar-refractivity contribution >= 4 is 17.6 Å². The molecular formula is C14H15N3O3. The summed E-state index contributed by atoms with van der Waals surface area (Å²) in [6.45, 7) is 1.68. The van der Waals surface area contributed by atoms with Crippen LogP contribution < -0.4 is 10.9 Å². The minimum absolute atomic E-state index is 0.0870. The van der Waals surface area contributed by atoms with Gasteiger partial charge < -0.3 is 10.1 Å². The number of benzene rings is 1. The van der Waals surface area contributed by atoms with E-state index in [1.807, 2.05) is 30.3 Å². The molecule has 2 N–H and O–H groups in total. The molecule has 2 rings (SSSR count). The van der Waals surface area contributed by atoms with Crippen LogP contribution in [0.15, 0.2) is 35.1 Å². The summed E-state index contributed by atoms with van der Waals surface area (Å²) in [6, 6.07) is 9.36. The average Bonchev–Trinajstić information content (AvgIpc) is 2.43. The highest BCUT2D eigenvalue weighted by atomic mass is 16.5. The van der Waals surface area contributed by atoms with Crippen LogP contribution in [0.4, 0.5) is 11.6 Å². The maximum Gasteiger partial charge on any atom is 0.310 e. The van der Waals surface area contributed by atoms with Gasteiger partial charge in [-0.15, -0.1) is 0 Å². The zero-order chi connectivity index (χ0) is 14.5. The number of ether oxygens (including phenoxy) is 1. The third kappa shape index (κ3) is 3.23. The monoisotopic (exact) mass is 273 g/mol. The number of aromatic nitrogens is 2. The Hall–Kier alpha value is -2.63. The minimum atomic E-state index is -0.468. The van der Waals surface area contributed by atoms with Crippen LogP contribution >= 0.6 is 0 Å². The van der Waals surface area contributed by atoms with Gasteiger partial charge in [0.1, 0.15) is 0 Å². The van der Waals surface area contributed by atoms with E-state index in [9.17, 15) is 9.59 Å². The SMILES string of the molecule is COC(=O)Cc1c(C)nc(Nc2ccccc2)[nH]c1=O. The van der Waals surface area contributed by atoms with Gasteiger partial charge in [-0.25, -0.2) is 4.98 Å². The number of methoxy groups -OCH3 is 1. The lowest BCUT2D eigenvalue weighted by Gasteiger charge is -2.08. The van der Waals surface area contributed by atoms with E-state index >= 15 is 0 Å². The molecule has 2 aromatic rings. The maximum absolute atomic E-state index is 12.0. The molecule has 0 bridgehead atoms. The molecule has 1 heterocycles. The van der Waals surface area contributed by atoms with Crippen molar-refractivity contribution in [2.24, 2.45) is 0 Å². The zero-order valence-corrected chi connectivity index (χ0v) is 11.3. The van der Waals surface area contributed by atoms with Gasteiger partial charge in [0.2, 0.25) is 5.95 Å². The Labute approximate surface area is 115 Å². The van der Waals surface area contributed by atoms with Gasteiger partial charge in [0, 0.05) is 11.3 Å². The zero-order valence-electron chi connectivity index (χ0n) is 11.3. The first kappa shape index (κ1) is 13.8. The smallest absolute Gasteiger partial charge is 0.310 e. The van der Waals surface area contributed by atoms with Gasteiger partial charge in [-0.2, -0.15) is 0 Å². The molecule has 1 aromatic heterocycles. The van der Waals surface area contributed by atoms with E-state index in [1.165, 1.54) is 7.11 Å². The third-order valence-electron chi connectivity index (χ3n) is 2.81. The van der Waals surface area contributed by atoms with E-state index in [0.29, 0.717) is 17.2 Å². The average molecular weight is 273 g/mol. The number of nitrogens with one attached hydrogen (secondary N) is 2. The highest BCUT2D eigenvalue weighted by Gasteiger charge is 2.12. The van der Waals surface area contributed by atoms with Crippen LogP contribution in [0.25, 0.3) is 0 Å². The summed E-state index contributed by atoms with van der Waals surface area (Å²) < 4.78 is 4.55. The van der Waals surface area contributed by atoms with E-state index in [2.05, 4.69) is 20.0 Å². The van der Waals surface area contributed by atoms with E-state index in [4.69, 9.17) is 0 Å². The van der Waals surface area contributed by atoms with Crippen LogP contribution in [-0.2, 0) is 16.0 Å². The van der Waals surface area contributed by atoms with Crippen molar-refractivity contribution in [2.75, 3.05) is 12.4 Å². The second-order valence-corrected chi connectivity index (χ2v) is 4.22. The number of esters is 1. The molecule has 0 fully saturated rings. The molecule has 0 aliphatic carbocycles. The number of aromatic amines is 1. The Morgan fingerprint density at radius 2 is 2.05 bits per heavy atom. The van der Waals surface area contributed by atoms with Crippen molar-refractivity contribution in [3.63, 3.8) is 0 Å². The highest BCUT2D eigenvalue weighted by Crippen LogP contribution is 2.12. The molecule has 0 saturated carbocycles. The van der Waals surface area contributed by atoms with Gasteiger partial charge in [0.05, 0.1) is 19.2 Å². The van der Waals surface area contributed by atoms with Crippen molar-refractivity contribution in [3.8, 4) is 0 Å². The quantitative estimate of drug-likeness (QED) is 0.825. The van der Waals surface area contributed by atoms with E-state index in [-0.39, 0.29) is 12.0 Å². The van der Waals surface area contributed by atoms with E-state index in [0.717, 1.165) is 5.69 Å². The highest BCUT2D eigenvalue weighted by molar-refractivity contribution is 5.72. The van der Waals surface area contributed by atoms with Gasteiger partial charge in [0.15, 0.2) is 0 Å². The normalized spacial score (nSPS) is 10.1. The molecule has 0 unspecified atom stereocenters. The number of H-pyrrole nitrogens is 1. The van der Waals surface area contributed by atoms with Gasteiger partial charge in [-0.1, -0.05) is 18.2 Å². The van der Waals surface area contributed by atoms with Crippen molar-refractivity contribution in [3.05, 3.63) is 51.9 Å². The molecule has 0 saturated heterocycles. The first-order valence-corrected chi connectivity index (χ1v) is 6.09. The minimum Gasteiger partial charge on any atom is -0.469 e. The fourth-order valence-electron chi connectivity index (χ4n) is 1.75. The molecule has 6 nitrogen and oxygen atoms in total. The van der Waals surface area contributed by atoms with Gasteiger partial charge in [-0.3, -0.25) is 14.6 Å². The molecule has 6 heteroatoms. The van der Waals surface area contributed by atoms with Gasteiger partial charge in [0.25, 0.3) is 5.56 Å². The number of carbonyl (C=O) groups excluding carboxylic acids is 1. The lowest BCUT2D eigenvalue weighted by Crippen LogP contribution is -2.21. The van der Waals surface area contributed by atoms with Crippen molar-refractivity contribution in [1.29, 1.82) is 0 Å². The summed E-state index contributed by atoms with van der Waals surface area (Å²) in [5, 5.41) is 3.00. The Morgan fingerprint density at radius 3 is 2.65 bits per heavy atom. The standard InChI is InChI=1S/C14H15N3O3/c1-9-11(8-12(18)20-2)13(19)17-14(15-9)16-10-6-4-3-5-7-10/h3-7H,8H2,1-2H3,(H2,15,16,17,19). The molecule has 0 amide bonds. The Kier molecular flexibility index (Phi) is 4.14. The van der Waals surface area contributed by atoms with E-state index in [1.54, 1.807) is 6.92 Å². The largest absolute Gasteiger partial charge is 0.469 e. The molecule has 0 spiro atoms. The number of para-hydroxylation sites is 1. The molecule has 1 aromatic carbocycles. The summed E-state index contributed by atoms with van der Waals surface area (Å²) in [6.07, 6.45) is -0.0870. The second-order valence-electron chi connectivity index (χ2n) is 4.22. The summed E-state index contributed by atoms with van der Waals surface area (Å²) >= 11 is 0. The first-order valence-electron chi connectivity index (χ1n) is 6.09. The van der Waals surface area contributed by atoms with Crippen LogP contribution in [0.5, 0.6) is 0 Å². The van der Waals surface area contributed by atoms with Crippen LogP contribution in [0.3, 0.4) is 0 Å². The Balaban J connectivity index is 2.26. The topological polar surface area (TPSA) is 84.1 Å². The first-order chi connectivity index (χ1) is 9.60. The maximum atomic E-state index is 12.0. The number of hydrogen-bond acceptors (Lipinski definition) is 5. The number of anilines is 2. The van der Waals surface area contributed by atoms with Crippen molar-refractivity contribution in [2.45, 2.75) is 13.3 Å². The Morgan fingerprint density at radius 1 is 1.35 bits per heavy atom. The fourth-order valence-corrected chi connectivity index (χ4v) is 1.75. The van der Waals surface area contributed by atoms with Crippen LogP contribution in [0.2, 0.25) is 0 Å². The number of rotatable bonds is 4. The summed E-state index contributed by atoms with van der Waals surface area (Å²) in [5.74, 6) is -0.128. The molecule has 0 aliphatic heterocycles. The van der Waals surface area contributed by atoms with Crippen molar-refractivity contribution in [1.82, 2.24) is 9.97 Å².